The number of rotatable bonds is 4. The highest BCUT2D eigenvalue weighted by atomic mass is 16.4. The standard InChI is InChI=1S/C14H18O3/c1-13(2,17)10-3-5-11(6-4-10)14(7-8-14)9-12(15)16/h3-6,17H,7-9H2,1-2H3,(H,15,16). The second kappa shape index (κ2) is 3.84. The number of carbonyl (C=O) groups is 1. The molecule has 1 fully saturated rings. The number of benzene rings is 1. The average molecular weight is 234 g/mol. The molecule has 2 N–H and O–H groups in total. The quantitative estimate of drug-likeness (QED) is 0.841. The molecule has 3 nitrogen and oxygen atoms in total. The summed E-state index contributed by atoms with van der Waals surface area (Å²) in [7, 11) is 0. The molecule has 0 radical (unpaired) electrons. The van der Waals surface area contributed by atoms with E-state index in [9.17, 15) is 9.90 Å². The Morgan fingerprint density at radius 1 is 1.29 bits per heavy atom. The lowest BCUT2D eigenvalue weighted by atomic mass is 9.89. The van der Waals surface area contributed by atoms with Gasteiger partial charge in [-0.1, -0.05) is 24.3 Å². The molecule has 0 aromatic heterocycles. The van der Waals surface area contributed by atoms with Crippen molar-refractivity contribution in [3.05, 3.63) is 35.4 Å². The van der Waals surface area contributed by atoms with Crippen LogP contribution in [0, 0.1) is 0 Å². The predicted octanol–water partition coefficient (Wildman–Crippen LogP) is 2.42. The fourth-order valence-electron chi connectivity index (χ4n) is 2.24. The van der Waals surface area contributed by atoms with Gasteiger partial charge in [-0.2, -0.15) is 0 Å². The Hall–Kier alpha value is -1.35. The first-order chi connectivity index (χ1) is 7.83. The van der Waals surface area contributed by atoms with Crippen LogP contribution in [0.1, 0.15) is 44.2 Å². The Kier molecular flexibility index (Phi) is 2.74. The maximum atomic E-state index is 10.8. The summed E-state index contributed by atoms with van der Waals surface area (Å²) in [4.78, 5) is 10.8. The van der Waals surface area contributed by atoms with E-state index in [-0.39, 0.29) is 11.8 Å². The zero-order valence-electron chi connectivity index (χ0n) is 10.2. The van der Waals surface area contributed by atoms with Gasteiger partial charge in [-0.15, -0.1) is 0 Å². The van der Waals surface area contributed by atoms with Crippen molar-refractivity contribution in [1.82, 2.24) is 0 Å². The van der Waals surface area contributed by atoms with E-state index < -0.39 is 11.6 Å². The Balaban J connectivity index is 2.22. The topological polar surface area (TPSA) is 57.5 Å². The molecule has 0 aliphatic heterocycles. The number of aliphatic hydroxyl groups is 1. The molecule has 1 saturated carbocycles. The van der Waals surface area contributed by atoms with Crippen molar-refractivity contribution in [2.24, 2.45) is 0 Å². The van der Waals surface area contributed by atoms with Gasteiger partial charge in [0.1, 0.15) is 0 Å². The lowest BCUT2D eigenvalue weighted by Gasteiger charge is -2.19. The van der Waals surface area contributed by atoms with Crippen LogP contribution in [0.5, 0.6) is 0 Å². The maximum absolute atomic E-state index is 10.8. The van der Waals surface area contributed by atoms with Crippen LogP contribution in [0.25, 0.3) is 0 Å². The molecule has 1 aliphatic rings. The zero-order valence-corrected chi connectivity index (χ0v) is 10.2. The normalized spacial score (nSPS) is 17.8. The molecule has 0 spiro atoms. The number of hydrogen-bond acceptors (Lipinski definition) is 2. The predicted molar refractivity (Wildman–Crippen MR) is 64.9 cm³/mol. The van der Waals surface area contributed by atoms with E-state index in [2.05, 4.69) is 0 Å². The van der Waals surface area contributed by atoms with E-state index in [4.69, 9.17) is 5.11 Å². The van der Waals surface area contributed by atoms with Crippen LogP contribution in [0.3, 0.4) is 0 Å². The van der Waals surface area contributed by atoms with E-state index >= 15 is 0 Å². The van der Waals surface area contributed by atoms with Gasteiger partial charge in [0.2, 0.25) is 0 Å². The van der Waals surface area contributed by atoms with Gasteiger partial charge in [0.25, 0.3) is 0 Å². The molecule has 1 aliphatic carbocycles. The number of hydrogen-bond donors (Lipinski definition) is 2. The van der Waals surface area contributed by atoms with Crippen LogP contribution in [0.15, 0.2) is 24.3 Å². The zero-order chi connectivity index (χ0) is 12.7. The summed E-state index contributed by atoms with van der Waals surface area (Å²) in [5.74, 6) is -0.742. The van der Waals surface area contributed by atoms with Crippen molar-refractivity contribution in [2.45, 2.75) is 44.1 Å². The van der Waals surface area contributed by atoms with Gasteiger partial charge >= 0.3 is 5.97 Å². The summed E-state index contributed by atoms with van der Waals surface area (Å²) in [5, 5.41) is 18.7. The highest BCUT2D eigenvalue weighted by Crippen LogP contribution is 2.51. The van der Waals surface area contributed by atoms with Crippen molar-refractivity contribution in [3.8, 4) is 0 Å². The van der Waals surface area contributed by atoms with Crippen molar-refractivity contribution in [2.75, 3.05) is 0 Å². The van der Waals surface area contributed by atoms with Crippen molar-refractivity contribution < 1.29 is 15.0 Å². The van der Waals surface area contributed by atoms with Crippen LogP contribution in [0.2, 0.25) is 0 Å². The fourth-order valence-corrected chi connectivity index (χ4v) is 2.24. The summed E-state index contributed by atoms with van der Waals surface area (Å²) in [6.45, 7) is 3.48. The van der Waals surface area contributed by atoms with E-state index in [0.29, 0.717) is 0 Å². The molecule has 2 rings (SSSR count). The fraction of sp³-hybridized carbons (Fsp3) is 0.500. The molecule has 0 amide bonds. The first-order valence-electron chi connectivity index (χ1n) is 5.89. The smallest absolute Gasteiger partial charge is 0.304 e. The minimum Gasteiger partial charge on any atom is -0.481 e. The number of aliphatic carboxylic acids is 1. The molecule has 17 heavy (non-hydrogen) atoms. The Labute approximate surface area is 101 Å². The van der Waals surface area contributed by atoms with Crippen LogP contribution in [0.4, 0.5) is 0 Å². The molecule has 0 atom stereocenters. The summed E-state index contributed by atoms with van der Waals surface area (Å²) in [6, 6.07) is 7.67. The molecule has 0 bridgehead atoms. The molecule has 0 saturated heterocycles. The molecular formula is C14H18O3. The molecular weight excluding hydrogens is 216 g/mol. The number of carboxylic acids is 1. The van der Waals surface area contributed by atoms with Gasteiger partial charge in [0.05, 0.1) is 12.0 Å². The van der Waals surface area contributed by atoms with Crippen molar-refractivity contribution in [3.63, 3.8) is 0 Å². The summed E-state index contributed by atoms with van der Waals surface area (Å²) in [5.41, 5.74) is 0.937. The largest absolute Gasteiger partial charge is 0.481 e. The van der Waals surface area contributed by atoms with Gasteiger partial charge < -0.3 is 10.2 Å². The maximum Gasteiger partial charge on any atom is 0.304 e. The molecule has 3 heteroatoms. The van der Waals surface area contributed by atoms with Crippen LogP contribution >= 0.6 is 0 Å². The van der Waals surface area contributed by atoms with E-state index in [0.717, 1.165) is 24.0 Å². The lowest BCUT2D eigenvalue weighted by Crippen LogP contribution is -2.17. The van der Waals surface area contributed by atoms with Gasteiger partial charge in [0, 0.05) is 5.41 Å². The third-order valence-corrected chi connectivity index (χ3v) is 3.55. The van der Waals surface area contributed by atoms with Gasteiger partial charge in [-0.05, 0) is 37.8 Å². The van der Waals surface area contributed by atoms with E-state index in [1.165, 1.54) is 0 Å². The highest BCUT2D eigenvalue weighted by molar-refractivity contribution is 5.70. The van der Waals surface area contributed by atoms with E-state index in [1.54, 1.807) is 13.8 Å². The van der Waals surface area contributed by atoms with Crippen LogP contribution < -0.4 is 0 Å². The number of carboxylic acid groups (broad SMARTS) is 1. The summed E-state index contributed by atoms with van der Waals surface area (Å²) >= 11 is 0. The molecule has 0 unspecified atom stereocenters. The van der Waals surface area contributed by atoms with Gasteiger partial charge in [-0.25, -0.2) is 0 Å². The first-order valence-corrected chi connectivity index (χ1v) is 5.89. The first kappa shape index (κ1) is 12.1. The van der Waals surface area contributed by atoms with Crippen molar-refractivity contribution in [1.29, 1.82) is 0 Å². The van der Waals surface area contributed by atoms with Gasteiger partial charge in [0.15, 0.2) is 0 Å². The Morgan fingerprint density at radius 2 is 1.82 bits per heavy atom. The highest BCUT2D eigenvalue weighted by Gasteiger charge is 2.45. The average Bonchev–Trinajstić information content (AvgIpc) is 2.97. The molecule has 92 valence electrons. The van der Waals surface area contributed by atoms with Crippen LogP contribution in [-0.2, 0) is 15.8 Å². The molecule has 0 heterocycles. The Bertz CT molecular complexity index is 422. The summed E-state index contributed by atoms with van der Waals surface area (Å²) < 4.78 is 0. The molecule has 1 aromatic carbocycles. The summed E-state index contributed by atoms with van der Waals surface area (Å²) in [6.07, 6.45) is 2.09. The second-order valence-corrected chi connectivity index (χ2v) is 5.49. The lowest BCUT2D eigenvalue weighted by molar-refractivity contribution is -0.137. The van der Waals surface area contributed by atoms with Gasteiger partial charge in [-0.3, -0.25) is 4.79 Å². The van der Waals surface area contributed by atoms with Crippen molar-refractivity contribution >= 4 is 5.97 Å². The minimum absolute atomic E-state index is 0.149. The van der Waals surface area contributed by atoms with E-state index in [1.807, 2.05) is 24.3 Å². The third kappa shape index (κ3) is 2.50. The third-order valence-electron chi connectivity index (χ3n) is 3.55. The van der Waals surface area contributed by atoms with Crippen LogP contribution in [-0.4, -0.2) is 16.2 Å². The monoisotopic (exact) mass is 234 g/mol. The minimum atomic E-state index is -0.845. The SMILES string of the molecule is CC(C)(O)c1ccc(C2(CC(=O)O)CC2)cc1. The molecule has 1 aromatic rings. The Morgan fingerprint density at radius 3 is 2.18 bits per heavy atom. The second-order valence-electron chi connectivity index (χ2n) is 5.49.